The van der Waals surface area contributed by atoms with Crippen molar-refractivity contribution in [3.05, 3.63) is 34.9 Å². The molecule has 0 aromatic heterocycles. The number of amides is 4. The maximum atomic E-state index is 13.7. The van der Waals surface area contributed by atoms with Crippen LogP contribution in [0, 0.1) is 13.8 Å². The number of likely N-dealkylation sites (N-methyl/N-ethyl adjacent to an activating group) is 1. The molecule has 1 saturated carbocycles. The predicted molar refractivity (Wildman–Crippen MR) is 138 cm³/mol. The first-order chi connectivity index (χ1) is 16.8. The number of rotatable bonds is 9. The molecule has 9 nitrogen and oxygen atoms in total. The van der Waals surface area contributed by atoms with Gasteiger partial charge in [-0.25, -0.2) is 4.79 Å². The van der Waals surface area contributed by atoms with Crippen molar-refractivity contribution in [2.45, 2.75) is 104 Å². The van der Waals surface area contributed by atoms with E-state index in [2.05, 4.69) is 10.6 Å². The Labute approximate surface area is 214 Å². The zero-order valence-corrected chi connectivity index (χ0v) is 22.5. The van der Waals surface area contributed by atoms with E-state index in [1.807, 2.05) is 32.0 Å². The summed E-state index contributed by atoms with van der Waals surface area (Å²) >= 11 is 0. The number of nitrogens with one attached hydrogen (secondary N) is 2. The lowest BCUT2D eigenvalue weighted by Gasteiger charge is -2.35. The monoisotopic (exact) mass is 502 g/mol. The molecule has 200 valence electrons. The second-order valence-corrected chi connectivity index (χ2v) is 10.6. The molecule has 2 unspecified atom stereocenters. The van der Waals surface area contributed by atoms with E-state index in [-0.39, 0.29) is 18.5 Å². The Hall–Kier alpha value is -3.10. The van der Waals surface area contributed by atoms with Gasteiger partial charge in [0.15, 0.2) is 0 Å². The Kier molecular flexibility index (Phi) is 10.3. The third-order valence-corrected chi connectivity index (χ3v) is 6.38. The van der Waals surface area contributed by atoms with Crippen molar-refractivity contribution in [2.75, 3.05) is 6.54 Å². The largest absolute Gasteiger partial charge is 0.444 e. The zero-order valence-electron chi connectivity index (χ0n) is 22.5. The van der Waals surface area contributed by atoms with E-state index in [4.69, 9.17) is 10.5 Å². The van der Waals surface area contributed by atoms with Gasteiger partial charge in [0, 0.05) is 12.6 Å². The van der Waals surface area contributed by atoms with Crippen molar-refractivity contribution in [1.82, 2.24) is 15.5 Å². The number of hydrogen-bond acceptors (Lipinski definition) is 5. The lowest BCUT2D eigenvalue weighted by atomic mass is 9.94. The molecule has 0 aliphatic heterocycles. The Balaban J connectivity index is 2.41. The lowest BCUT2D eigenvalue weighted by molar-refractivity contribution is -0.143. The fourth-order valence-electron chi connectivity index (χ4n) is 4.45. The van der Waals surface area contributed by atoms with Gasteiger partial charge >= 0.3 is 6.09 Å². The van der Waals surface area contributed by atoms with E-state index in [1.54, 1.807) is 27.7 Å². The number of primary amides is 1. The van der Waals surface area contributed by atoms with Crippen molar-refractivity contribution < 1.29 is 23.9 Å². The Morgan fingerprint density at radius 3 is 2.25 bits per heavy atom. The summed E-state index contributed by atoms with van der Waals surface area (Å²) in [4.78, 5) is 53.0. The molecule has 0 heterocycles. The van der Waals surface area contributed by atoms with Gasteiger partial charge in [0.25, 0.3) is 0 Å². The van der Waals surface area contributed by atoms with Crippen LogP contribution in [0.1, 0.15) is 89.0 Å². The van der Waals surface area contributed by atoms with E-state index in [0.29, 0.717) is 5.56 Å². The van der Waals surface area contributed by atoms with E-state index >= 15 is 0 Å². The molecule has 1 aliphatic carbocycles. The van der Waals surface area contributed by atoms with E-state index < -0.39 is 42.0 Å². The highest BCUT2D eigenvalue weighted by Gasteiger charge is 2.37. The predicted octanol–water partition coefficient (Wildman–Crippen LogP) is 3.41. The van der Waals surface area contributed by atoms with Crippen LogP contribution < -0.4 is 16.4 Å². The number of nitrogens with two attached hydrogens (primary N) is 1. The molecule has 1 fully saturated rings. The van der Waals surface area contributed by atoms with Crippen molar-refractivity contribution in [3.63, 3.8) is 0 Å². The summed E-state index contributed by atoms with van der Waals surface area (Å²) in [7, 11) is 0. The second kappa shape index (κ2) is 12.7. The summed E-state index contributed by atoms with van der Waals surface area (Å²) in [5.41, 5.74) is 7.33. The normalized spacial score (nSPS) is 15.9. The second-order valence-electron chi connectivity index (χ2n) is 10.6. The highest BCUT2D eigenvalue weighted by atomic mass is 16.6. The lowest BCUT2D eigenvalue weighted by Crippen LogP contribution is -2.54. The van der Waals surface area contributed by atoms with Gasteiger partial charge in [-0.05, 0) is 71.1 Å². The molecule has 36 heavy (non-hydrogen) atoms. The number of nitrogens with zero attached hydrogens (tertiary/aromatic N) is 1. The summed E-state index contributed by atoms with van der Waals surface area (Å²) in [5, 5.41) is 5.62. The Bertz CT molecular complexity index is 950. The van der Waals surface area contributed by atoms with Gasteiger partial charge in [-0.15, -0.1) is 0 Å². The van der Waals surface area contributed by atoms with Crippen molar-refractivity contribution in [3.8, 4) is 0 Å². The van der Waals surface area contributed by atoms with Crippen LogP contribution in [0.3, 0.4) is 0 Å². The van der Waals surface area contributed by atoms with Crippen LogP contribution in [0.4, 0.5) is 4.79 Å². The average molecular weight is 503 g/mol. The number of hydrogen-bond donors (Lipinski definition) is 3. The highest BCUT2D eigenvalue weighted by Crippen LogP contribution is 2.26. The number of carbonyl (C=O) groups is 4. The first-order valence-electron chi connectivity index (χ1n) is 12.8. The Morgan fingerprint density at radius 2 is 1.72 bits per heavy atom. The molecule has 2 atom stereocenters. The van der Waals surface area contributed by atoms with Crippen molar-refractivity contribution >= 4 is 23.8 Å². The third-order valence-electron chi connectivity index (χ3n) is 6.38. The van der Waals surface area contributed by atoms with Gasteiger partial charge in [0.1, 0.15) is 17.7 Å². The van der Waals surface area contributed by atoms with Crippen LogP contribution in [-0.2, 0) is 19.1 Å². The van der Waals surface area contributed by atoms with Crippen LogP contribution in [0.15, 0.2) is 18.2 Å². The maximum absolute atomic E-state index is 13.7. The van der Waals surface area contributed by atoms with Gasteiger partial charge in [-0.2, -0.15) is 0 Å². The van der Waals surface area contributed by atoms with Crippen LogP contribution in [0.2, 0.25) is 0 Å². The molecule has 1 aromatic rings. The maximum Gasteiger partial charge on any atom is 0.408 e. The standard InChI is InChI=1S/C27H42N4O5/c1-7-31(25(34)21(16-22(28)32)30-26(35)36-27(4,5)6)23(19-14-13-17(2)18(3)15-19)24(33)29-20-11-9-8-10-12-20/h13-15,20-21,23H,7-12,16H2,1-6H3,(H2,28,32)(H,29,33)(H,30,35). The number of benzene rings is 1. The number of alkyl carbamates (subject to hydrolysis) is 1. The summed E-state index contributed by atoms with van der Waals surface area (Å²) in [6.07, 6.45) is 3.79. The summed E-state index contributed by atoms with van der Waals surface area (Å²) < 4.78 is 5.28. The van der Waals surface area contributed by atoms with Gasteiger partial charge < -0.3 is 26.0 Å². The molecule has 1 aliphatic rings. The Morgan fingerprint density at radius 1 is 1.08 bits per heavy atom. The van der Waals surface area contributed by atoms with Gasteiger partial charge in [-0.3, -0.25) is 14.4 Å². The molecule has 9 heteroatoms. The zero-order chi connectivity index (χ0) is 27.0. The molecule has 2 rings (SSSR count). The van der Waals surface area contributed by atoms with Crippen molar-refractivity contribution in [2.24, 2.45) is 5.73 Å². The number of ether oxygens (including phenoxy) is 1. The van der Waals surface area contributed by atoms with Crippen LogP contribution >= 0.6 is 0 Å². The molecule has 0 saturated heterocycles. The SMILES string of the molecule is CCN(C(=O)C(CC(N)=O)NC(=O)OC(C)(C)C)C(C(=O)NC1CCCCC1)c1ccc(C)c(C)c1. The van der Waals surface area contributed by atoms with Crippen molar-refractivity contribution in [1.29, 1.82) is 0 Å². The molecule has 0 radical (unpaired) electrons. The topological polar surface area (TPSA) is 131 Å². The molecular weight excluding hydrogens is 460 g/mol. The van der Waals surface area contributed by atoms with Crippen LogP contribution in [0.5, 0.6) is 0 Å². The molecule has 0 bridgehead atoms. The van der Waals surface area contributed by atoms with Gasteiger partial charge in [0.2, 0.25) is 17.7 Å². The molecular formula is C27H42N4O5. The van der Waals surface area contributed by atoms with Gasteiger partial charge in [0.05, 0.1) is 6.42 Å². The van der Waals surface area contributed by atoms with Crippen LogP contribution in [0.25, 0.3) is 0 Å². The minimum absolute atomic E-state index is 0.0513. The van der Waals surface area contributed by atoms with Crippen LogP contribution in [-0.4, -0.2) is 52.9 Å². The first kappa shape index (κ1) is 29.1. The summed E-state index contributed by atoms with van der Waals surface area (Å²) in [6.45, 7) is 11.0. The molecule has 4 N–H and O–H groups in total. The molecule has 4 amide bonds. The summed E-state index contributed by atoms with van der Waals surface area (Å²) in [6, 6.07) is 3.52. The van der Waals surface area contributed by atoms with E-state index in [0.717, 1.165) is 43.2 Å². The fourth-order valence-corrected chi connectivity index (χ4v) is 4.45. The number of carbonyl (C=O) groups excluding carboxylic acids is 4. The fraction of sp³-hybridized carbons (Fsp3) is 0.630. The van der Waals surface area contributed by atoms with E-state index in [9.17, 15) is 19.2 Å². The number of aryl methyl sites for hydroxylation is 2. The van der Waals surface area contributed by atoms with Gasteiger partial charge in [-0.1, -0.05) is 37.5 Å². The smallest absolute Gasteiger partial charge is 0.408 e. The highest BCUT2D eigenvalue weighted by molar-refractivity contribution is 5.94. The minimum atomic E-state index is -1.27. The quantitative estimate of drug-likeness (QED) is 0.476. The van der Waals surface area contributed by atoms with E-state index in [1.165, 1.54) is 4.90 Å². The summed E-state index contributed by atoms with van der Waals surface area (Å²) in [5.74, 6) is -1.62. The molecule has 0 spiro atoms. The first-order valence-corrected chi connectivity index (χ1v) is 12.8. The third kappa shape index (κ3) is 8.53. The minimum Gasteiger partial charge on any atom is -0.444 e. The average Bonchev–Trinajstić information content (AvgIpc) is 2.77. The molecule has 1 aromatic carbocycles.